The second-order valence-electron chi connectivity index (χ2n) is 5.25. The van der Waals surface area contributed by atoms with Gasteiger partial charge in [0.25, 0.3) is 0 Å². The van der Waals surface area contributed by atoms with E-state index in [1.54, 1.807) is 14.2 Å². The first-order valence-corrected chi connectivity index (χ1v) is 8.67. The summed E-state index contributed by atoms with van der Waals surface area (Å²) in [5.41, 5.74) is 1.20. The zero-order valence-electron chi connectivity index (χ0n) is 14.0. The molecule has 0 aliphatic rings. The average Bonchev–Trinajstić information content (AvgIpc) is 2.61. The van der Waals surface area contributed by atoms with E-state index in [1.165, 1.54) is 30.4 Å². The molecular weight excluding hydrogens is 308 g/mol. The van der Waals surface area contributed by atoms with Crippen molar-refractivity contribution in [3.63, 3.8) is 0 Å². The predicted octanol–water partition coefficient (Wildman–Crippen LogP) is 5.52. The lowest BCUT2D eigenvalue weighted by Crippen LogP contribution is -1.97. The number of hydrogen-bond donors (Lipinski definition) is 0. The van der Waals surface area contributed by atoms with Gasteiger partial charge in [-0.25, -0.2) is 0 Å². The van der Waals surface area contributed by atoms with Gasteiger partial charge in [0.1, 0.15) is 17.2 Å². The lowest BCUT2D eigenvalue weighted by molar-refractivity contribution is 0.385. The van der Waals surface area contributed by atoms with E-state index in [2.05, 4.69) is 13.0 Å². The first-order chi connectivity index (χ1) is 11.3. The normalized spacial score (nSPS) is 10.4. The molecule has 0 fully saturated rings. The van der Waals surface area contributed by atoms with Gasteiger partial charge in [0, 0.05) is 6.07 Å². The van der Waals surface area contributed by atoms with Gasteiger partial charge in [-0.05, 0) is 36.6 Å². The number of unbranched alkanes of at least 4 members (excludes halogenated alkanes) is 2. The van der Waals surface area contributed by atoms with Gasteiger partial charge >= 0.3 is 0 Å². The minimum Gasteiger partial charge on any atom is -0.497 e. The zero-order chi connectivity index (χ0) is 16.5. The van der Waals surface area contributed by atoms with Crippen LogP contribution in [-0.2, 0) is 6.42 Å². The highest BCUT2D eigenvalue weighted by Gasteiger charge is 2.14. The second-order valence-corrected chi connectivity index (χ2v) is 6.00. The predicted molar refractivity (Wildman–Crippen MR) is 95.7 cm³/mol. The lowest BCUT2D eigenvalue weighted by atomic mass is 10.1. The Kier molecular flexibility index (Phi) is 7.14. The first kappa shape index (κ1) is 17.5. The molecular formula is C19H24O3S. The van der Waals surface area contributed by atoms with Crippen LogP contribution in [0.1, 0.15) is 31.7 Å². The Hall–Kier alpha value is -1.81. The van der Waals surface area contributed by atoms with Crippen molar-refractivity contribution in [2.45, 2.75) is 37.5 Å². The minimum atomic E-state index is 0.789. The molecule has 0 N–H and O–H groups in total. The summed E-state index contributed by atoms with van der Waals surface area (Å²) in [4.78, 5) is 1.02. The van der Waals surface area contributed by atoms with Crippen LogP contribution in [0.5, 0.6) is 17.2 Å². The maximum atomic E-state index is 5.85. The molecule has 0 aliphatic carbocycles. The average molecular weight is 332 g/mol. The SMILES string of the molecule is CCCCCc1cc(OC)cc(OC)c1SOc1ccccc1. The van der Waals surface area contributed by atoms with Gasteiger partial charge in [-0.2, -0.15) is 0 Å². The molecule has 0 saturated heterocycles. The van der Waals surface area contributed by atoms with Gasteiger partial charge in [-0.1, -0.05) is 38.0 Å². The monoisotopic (exact) mass is 332 g/mol. The van der Waals surface area contributed by atoms with Crippen LogP contribution in [0, 0.1) is 0 Å². The maximum Gasteiger partial charge on any atom is 0.139 e. The van der Waals surface area contributed by atoms with Crippen molar-refractivity contribution in [1.29, 1.82) is 0 Å². The van der Waals surface area contributed by atoms with Crippen LogP contribution in [0.3, 0.4) is 0 Å². The number of benzene rings is 2. The van der Waals surface area contributed by atoms with Gasteiger partial charge in [0.2, 0.25) is 0 Å². The Morgan fingerprint density at radius 1 is 0.913 bits per heavy atom. The number of para-hydroxylation sites is 1. The molecule has 0 aliphatic heterocycles. The number of ether oxygens (including phenoxy) is 2. The summed E-state index contributed by atoms with van der Waals surface area (Å²) in [6.45, 7) is 2.21. The van der Waals surface area contributed by atoms with E-state index in [4.69, 9.17) is 13.7 Å². The van der Waals surface area contributed by atoms with Crippen molar-refractivity contribution >= 4 is 12.0 Å². The molecule has 23 heavy (non-hydrogen) atoms. The maximum absolute atomic E-state index is 5.85. The molecule has 4 heteroatoms. The summed E-state index contributed by atoms with van der Waals surface area (Å²) in [5.74, 6) is 2.43. The number of aryl methyl sites for hydroxylation is 1. The highest BCUT2D eigenvalue weighted by molar-refractivity contribution is 7.95. The third-order valence-corrected chi connectivity index (χ3v) is 4.48. The third-order valence-electron chi connectivity index (χ3n) is 3.57. The van der Waals surface area contributed by atoms with Crippen LogP contribution in [0.25, 0.3) is 0 Å². The Balaban J connectivity index is 2.22. The molecule has 0 heterocycles. The molecule has 2 rings (SSSR count). The molecule has 3 nitrogen and oxygen atoms in total. The van der Waals surface area contributed by atoms with E-state index >= 15 is 0 Å². The smallest absolute Gasteiger partial charge is 0.139 e. The van der Waals surface area contributed by atoms with Crippen LogP contribution >= 0.6 is 12.0 Å². The van der Waals surface area contributed by atoms with Gasteiger partial charge < -0.3 is 13.7 Å². The fourth-order valence-electron chi connectivity index (χ4n) is 2.31. The second kappa shape index (κ2) is 9.36. The van der Waals surface area contributed by atoms with E-state index in [0.29, 0.717) is 0 Å². The molecule has 2 aromatic carbocycles. The van der Waals surface area contributed by atoms with Crippen LogP contribution < -0.4 is 13.7 Å². The Morgan fingerprint density at radius 2 is 1.70 bits per heavy atom. The highest BCUT2D eigenvalue weighted by Crippen LogP contribution is 2.38. The van der Waals surface area contributed by atoms with Crippen molar-refractivity contribution in [3.05, 3.63) is 48.0 Å². The van der Waals surface area contributed by atoms with E-state index in [0.717, 1.165) is 35.0 Å². The fourth-order valence-corrected chi connectivity index (χ4v) is 3.10. The van der Waals surface area contributed by atoms with Crippen LogP contribution in [-0.4, -0.2) is 14.2 Å². The Labute approximate surface area is 143 Å². The van der Waals surface area contributed by atoms with Crippen LogP contribution in [0.4, 0.5) is 0 Å². The summed E-state index contributed by atoms with van der Waals surface area (Å²) in [7, 11) is 3.36. The molecule has 2 aromatic rings. The van der Waals surface area contributed by atoms with Crippen LogP contribution in [0.15, 0.2) is 47.4 Å². The van der Waals surface area contributed by atoms with Crippen molar-refractivity contribution in [2.75, 3.05) is 14.2 Å². The summed E-state index contributed by atoms with van der Waals surface area (Å²) in [6, 6.07) is 13.8. The van der Waals surface area contributed by atoms with Crippen molar-refractivity contribution in [1.82, 2.24) is 0 Å². The van der Waals surface area contributed by atoms with Gasteiger partial charge in [-0.15, -0.1) is 0 Å². The third kappa shape index (κ3) is 5.10. The number of methoxy groups -OCH3 is 2. The summed E-state index contributed by atoms with van der Waals surface area (Å²) < 4.78 is 16.8. The molecule has 0 amide bonds. The largest absolute Gasteiger partial charge is 0.497 e. The van der Waals surface area contributed by atoms with Crippen LogP contribution in [0.2, 0.25) is 0 Å². The molecule has 0 radical (unpaired) electrons. The van der Waals surface area contributed by atoms with E-state index in [-0.39, 0.29) is 0 Å². The standard InChI is InChI=1S/C19H24O3S/c1-4-5-7-10-15-13-17(20-2)14-18(21-3)19(15)23-22-16-11-8-6-9-12-16/h6,8-9,11-14H,4-5,7,10H2,1-3H3. The summed E-state index contributed by atoms with van der Waals surface area (Å²) in [6.07, 6.45) is 4.54. The lowest BCUT2D eigenvalue weighted by Gasteiger charge is -2.15. The van der Waals surface area contributed by atoms with Crippen molar-refractivity contribution < 1.29 is 13.7 Å². The van der Waals surface area contributed by atoms with Crippen molar-refractivity contribution in [2.24, 2.45) is 0 Å². The van der Waals surface area contributed by atoms with E-state index in [1.807, 2.05) is 36.4 Å². The van der Waals surface area contributed by atoms with Crippen molar-refractivity contribution in [3.8, 4) is 17.2 Å². The Morgan fingerprint density at radius 3 is 2.35 bits per heavy atom. The quantitative estimate of drug-likeness (QED) is 0.446. The zero-order valence-corrected chi connectivity index (χ0v) is 14.8. The first-order valence-electron chi connectivity index (χ1n) is 7.93. The molecule has 0 bridgehead atoms. The summed E-state index contributed by atoms with van der Waals surface area (Å²) >= 11 is 1.35. The number of rotatable bonds is 9. The molecule has 0 aromatic heterocycles. The highest BCUT2D eigenvalue weighted by atomic mass is 32.2. The number of hydrogen-bond acceptors (Lipinski definition) is 4. The van der Waals surface area contributed by atoms with Gasteiger partial charge in [0.15, 0.2) is 0 Å². The van der Waals surface area contributed by atoms with E-state index in [9.17, 15) is 0 Å². The molecule has 0 unspecified atom stereocenters. The molecule has 0 spiro atoms. The Bertz CT molecular complexity index is 599. The molecule has 0 atom stereocenters. The van der Waals surface area contributed by atoms with Gasteiger partial charge in [-0.3, -0.25) is 0 Å². The van der Waals surface area contributed by atoms with E-state index < -0.39 is 0 Å². The molecule has 0 saturated carbocycles. The fraction of sp³-hybridized carbons (Fsp3) is 0.368. The van der Waals surface area contributed by atoms with Gasteiger partial charge in [0.05, 0.1) is 31.2 Å². The summed E-state index contributed by atoms with van der Waals surface area (Å²) in [5, 5.41) is 0. The molecule has 124 valence electrons. The minimum absolute atomic E-state index is 0.789. The topological polar surface area (TPSA) is 27.7 Å².